The topological polar surface area (TPSA) is 47.6 Å². The van der Waals surface area contributed by atoms with Gasteiger partial charge in [0.1, 0.15) is 0 Å². The molecule has 2 aromatic carbocycles. The number of fused-ring (bicyclic) bond motifs is 1. The Balaban J connectivity index is 1.68. The zero-order valence-electron chi connectivity index (χ0n) is 14.8. The summed E-state index contributed by atoms with van der Waals surface area (Å²) in [4.78, 5) is 12.3. The predicted octanol–water partition coefficient (Wildman–Crippen LogP) is 4.31. The highest BCUT2D eigenvalue weighted by Gasteiger charge is 2.14. The van der Waals surface area contributed by atoms with E-state index in [1.165, 1.54) is 11.1 Å². The molecule has 0 bridgehead atoms. The third-order valence-corrected chi connectivity index (χ3v) is 4.35. The molecule has 2 aromatic rings. The second kappa shape index (κ2) is 7.43. The molecule has 0 radical (unpaired) electrons. The van der Waals surface area contributed by atoms with Crippen molar-refractivity contribution in [3.8, 4) is 11.5 Å². The number of aryl methyl sites for hydroxylation is 2. The number of hydrogen-bond acceptors (Lipinski definition) is 3. The third-order valence-electron chi connectivity index (χ3n) is 4.35. The summed E-state index contributed by atoms with van der Waals surface area (Å²) >= 11 is 0. The van der Waals surface area contributed by atoms with E-state index >= 15 is 0 Å². The molecule has 25 heavy (non-hydrogen) atoms. The molecule has 1 heterocycles. The van der Waals surface area contributed by atoms with Crippen LogP contribution in [-0.2, 0) is 4.79 Å². The summed E-state index contributed by atoms with van der Waals surface area (Å²) in [6.45, 7) is 6.48. The van der Waals surface area contributed by atoms with Crippen LogP contribution in [0.5, 0.6) is 11.5 Å². The number of amides is 1. The number of hydrogen-bond donors (Lipinski definition) is 1. The van der Waals surface area contributed by atoms with Gasteiger partial charge in [-0.25, -0.2) is 0 Å². The van der Waals surface area contributed by atoms with Gasteiger partial charge < -0.3 is 14.8 Å². The number of benzene rings is 2. The van der Waals surface area contributed by atoms with E-state index in [-0.39, 0.29) is 18.7 Å². The van der Waals surface area contributed by atoms with Crippen LogP contribution >= 0.6 is 0 Å². The highest BCUT2D eigenvalue weighted by atomic mass is 16.7. The van der Waals surface area contributed by atoms with E-state index in [1.807, 2.05) is 18.2 Å². The van der Waals surface area contributed by atoms with Gasteiger partial charge in [0.15, 0.2) is 11.5 Å². The summed E-state index contributed by atoms with van der Waals surface area (Å²) in [5, 5.41) is 3.08. The Morgan fingerprint density at radius 3 is 2.72 bits per heavy atom. The van der Waals surface area contributed by atoms with Gasteiger partial charge in [-0.15, -0.1) is 0 Å². The number of nitrogens with one attached hydrogen (secondary N) is 1. The van der Waals surface area contributed by atoms with Crippen molar-refractivity contribution in [2.75, 3.05) is 6.79 Å². The van der Waals surface area contributed by atoms with Crippen LogP contribution < -0.4 is 14.8 Å². The van der Waals surface area contributed by atoms with Crippen LogP contribution in [0.1, 0.15) is 41.6 Å². The van der Waals surface area contributed by atoms with Crippen molar-refractivity contribution >= 4 is 12.0 Å². The Kier molecular flexibility index (Phi) is 5.08. The van der Waals surface area contributed by atoms with Crippen molar-refractivity contribution in [2.45, 2.75) is 33.2 Å². The first-order chi connectivity index (χ1) is 12.1. The third kappa shape index (κ3) is 4.02. The van der Waals surface area contributed by atoms with Gasteiger partial charge in [-0.1, -0.05) is 36.8 Å². The van der Waals surface area contributed by atoms with Gasteiger partial charge in [0.05, 0.1) is 6.04 Å². The molecule has 0 aliphatic carbocycles. The van der Waals surface area contributed by atoms with Crippen molar-refractivity contribution in [2.24, 2.45) is 0 Å². The van der Waals surface area contributed by atoms with Crippen molar-refractivity contribution in [3.63, 3.8) is 0 Å². The SMILES string of the molecule is CCC(NC(=O)/C=C/c1ccc2c(c1)OCO2)c1ccc(C)cc1C. The molecule has 0 spiro atoms. The molecule has 130 valence electrons. The van der Waals surface area contributed by atoms with E-state index in [2.05, 4.69) is 44.3 Å². The lowest BCUT2D eigenvalue weighted by Gasteiger charge is -2.19. The van der Waals surface area contributed by atoms with E-state index in [9.17, 15) is 4.79 Å². The maximum absolute atomic E-state index is 12.3. The molecule has 0 aromatic heterocycles. The van der Waals surface area contributed by atoms with E-state index in [0.717, 1.165) is 23.3 Å². The smallest absolute Gasteiger partial charge is 0.244 e. The van der Waals surface area contributed by atoms with E-state index in [4.69, 9.17) is 9.47 Å². The fraction of sp³-hybridized carbons (Fsp3) is 0.286. The van der Waals surface area contributed by atoms with Crippen molar-refractivity contribution < 1.29 is 14.3 Å². The molecular weight excluding hydrogens is 314 g/mol. The first-order valence-electron chi connectivity index (χ1n) is 8.52. The van der Waals surface area contributed by atoms with Crippen LogP contribution in [0.2, 0.25) is 0 Å². The van der Waals surface area contributed by atoms with Crippen LogP contribution in [0.25, 0.3) is 6.08 Å². The quantitative estimate of drug-likeness (QED) is 0.827. The van der Waals surface area contributed by atoms with E-state index in [0.29, 0.717) is 5.75 Å². The number of ether oxygens (including phenoxy) is 2. The van der Waals surface area contributed by atoms with E-state index < -0.39 is 0 Å². The molecule has 0 saturated carbocycles. The Morgan fingerprint density at radius 2 is 1.96 bits per heavy atom. The van der Waals surface area contributed by atoms with Crippen LogP contribution in [0.15, 0.2) is 42.5 Å². The Labute approximate surface area is 148 Å². The second-order valence-corrected chi connectivity index (χ2v) is 6.28. The summed E-state index contributed by atoms with van der Waals surface area (Å²) in [5.74, 6) is 1.34. The molecule has 1 atom stereocenters. The number of carbonyl (C=O) groups is 1. The average Bonchev–Trinajstić information content (AvgIpc) is 3.06. The highest BCUT2D eigenvalue weighted by molar-refractivity contribution is 5.92. The molecule has 3 rings (SSSR count). The summed E-state index contributed by atoms with van der Waals surface area (Å²) in [7, 11) is 0. The monoisotopic (exact) mass is 337 g/mol. The van der Waals surface area contributed by atoms with Crippen LogP contribution in [0.4, 0.5) is 0 Å². The zero-order valence-corrected chi connectivity index (χ0v) is 14.8. The Bertz CT molecular complexity index is 811. The van der Waals surface area contributed by atoms with Crippen molar-refractivity contribution in [3.05, 3.63) is 64.7 Å². The molecule has 1 aliphatic rings. The molecule has 1 aliphatic heterocycles. The number of carbonyl (C=O) groups excluding carboxylic acids is 1. The van der Waals surface area contributed by atoms with Crippen molar-refractivity contribution in [1.82, 2.24) is 5.32 Å². The summed E-state index contributed by atoms with van der Waals surface area (Å²) in [6.07, 6.45) is 4.18. The van der Waals surface area contributed by atoms with Gasteiger partial charge in [0, 0.05) is 6.08 Å². The fourth-order valence-corrected chi connectivity index (χ4v) is 3.02. The molecule has 4 heteroatoms. The van der Waals surface area contributed by atoms with Gasteiger partial charge in [0.2, 0.25) is 12.7 Å². The summed E-state index contributed by atoms with van der Waals surface area (Å²) in [6, 6.07) is 12.0. The van der Waals surface area contributed by atoms with Gasteiger partial charge in [-0.05, 0) is 55.2 Å². The molecule has 4 nitrogen and oxygen atoms in total. The summed E-state index contributed by atoms with van der Waals surface area (Å²) in [5.41, 5.74) is 4.49. The normalized spacial score (nSPS) is 13.9. The molecule has 1 unspecified atom stereocenters. The van der Waals surface area contributed by atoms with Gasteiger partial charge in [0.25, 0.3) is 0 Å². The van der Waals surface area contributed by atoms with Gasteiger partial charge in [-0.3, -0.25) is 4.79 Å². The van der Waals surface area contributed by atoms with Gasteiger partial charge >= 0.3 is 0 Å². The van der Waals surface area contributed by atoms with Crippen molar-refractivity contribution in [1.29, 1.82) is 0 Å². The Hall–Kier alpha value is -2.75. The second-order valence-electron chi connectivity index (χ2n) is 6.28. The summed E-state index contributed by atoms with van der Waals surface area (Å²) < 4.78 is 10.6. The molecule has 1 amide bonds. The van der Waals surface area contributed by atoms with Crippen LogP contribution in [0, 0.1) is 13.8 Å². The molecule has 0 fully saturated rings. The molecule has 0 saturated heterocycles. The minimum absolute atomic E-state index is 0.00880. The van der Waals surface area contributed by atoms with Crippen LogP contribution in [0.3, 0.4) is 0 Å². The maximum atomic E-state index is 12.3. The lowest BCUT2D eigenvalue weighted by Crippen LogP contribution is -2.26. The average molecular weight is 337 g/mol. The lowest BCUT2D eigenvalue weighted by atomic mass is 9.97. The van der Waals surface area contributed by atoms with E-state index in [1.54, 1.807) is 12.2 Å². The maximum Gasteiger partial charge on any atom is 0.244 e. The largest absolute Gasteiger partial charge is 0.454 e. The fourth-order valence-electron chi connectivity index (χ4n) is 3.02. The first-order valence-corrected chi connectivity index (χ1v) is 8.52. The predicted molar refractivity (Wildman–Crippen MR) is 98.7 cm³/mol. The standard InChI is InChI=1S/C21H23NO3/c1-4-18(17-8-5-14(2)11-15(17)3)22-21(23)10-7-16-6-9-19-20(12-16)25-13-24-19/h5-12,18H,4,13H2,1-3H3,(H,22,23)/b10-7+. The minimum Gasteiger partial charge on any atom is -0.454 e. The Morgan fingerprint density at radius 1 is 1.16 bits per heavy atom. The first kappa shape index (κ1) is 17.1. The number of rotatable bonds is 5. The minimum atomic E-state index is -0.107. The highest BCUT2D eigenvalue weighted by Crippen LogP contribution is 2.32. The lowest BCUT2D eigenvalue weighted by molar-refractivity contribution is -0.117. The van der Waals surface area contributed by atoms with Crippen LogP contribution in [-0.4, -0.2) is 12.7 Å². The molecular formula is C21H23NO3. The van der Waals surface area contributed by atoms with Gasteiger partial charge in [-0.2, -0.15) is 0 Å². The zero-order chi connectivity index (χ0) is 17.8. The molecule has 1 N–H and O–H groups in total.